The molecule has 1 radical (unpaired) electrons. The molecule has 0 aliphatic heterocycles. The smallest absolute Gasteiger partial charge is 0.0400 e. The first kappa shape index (κ1) is 8.30. The molecule has 0 bridgehead atoms. The first-order valence-corrected chi connectivity index (χ1v) is 4.93. The van der Waals surface area contributed by atoms with Crippen LogP contribution in [-0.4, -0.2) is 0 Å². The van der Waals surface area contributed by atoms with Crippen LogP contribution in [0.2, 0.25) is 0 Å². The Morgan fingerprint density at radius 1 is 0.867 bits per heavy atom. The second kappa shape index (κ2) is 2.99. The van der Waals surface area contributed by atoms with Crippen molar-refractivity contribution in [1.29, 1.82) is 0 Å². The molecule has 3 aromatic carbocycles. The molecule has 0 amide bonds. The fourth-order valence-electron chi connectivity index (χ4n) is 1.93. The number of nitrogen functional groups attached to an aromatic ring is 1. The van der Waals surface area contributed by atoms with E-state index in [0.717, 1.165) is 16.5 Å². The van der Waals surface area contributed by atoms with Crippen LogP contribution < -0.4 is 5.73 Å². The lowest BCUT2D eigenvalue weighted by Gasteiger charge is -2.04. The van der Waals surface area contributed by atoms with E-state index in [1.54, 1.807) is 0 Å². The minimum atomic E-state index is 0.790. The van der Waals surface area contributed by atoms with Crippen molar-refractivity contribution in [1.82, 2.24) is 0 Å². The van der Waals surface area contributed by atoms with Gasteiger partial charge in [0.2, 0.25) is 0 Å². The van der Waals surface area contributed by atoms with E-state index in [0.29, 0.717) is 0 Å². The van der Waals surface area contributed by atoms with E-state index >= 15 is 0 Å². The Morgan fingerprint density at radius 3 is 2.40 bits per heavy atom. The van der Waals surface area contributed by atoms with Crippen LogP contribution in [0.15, 0.2) is 48.5 Å². The standard InChI is InChI=1S/C14H10N/c15-14-7-3-6-12-8-10-4-1-2-5-11(10)9-13(12)14/h1-2,4-9H,15H2. The summed E-state index contributed by atoms with van der Waals surface area (Å²) in [7, 11) is 0. The summed E-state index contributed by atoms with van der Waals surface area (Å²) in [6.07, 6.45) is 0. The number of hydrogen-bond donors (Lipinski definition) is 1. The van der Waals surface area contributed by atoms with Gasteiger partial charge in [-0.05, 0) is 46.5 Å². The van der Waals surface area contributed by atoms with Crippen LogP contribution in [-0.2, 0) is 0 Å². The molecular weight excluding hydrogens is 182 g/mol. The molecule has 0 saturated carbocycles. The molecule has 3 rings (SSSR count). The summed E-state index contributed by atoms with van der Waals surface area (Å²) in [6, 6.07) is 19.4. The van der Waals surface area contributed by atoms with Crippen LogP contribution in [0.1, 0.15) is 0 Å². The predicted molar refractivity (Wildman–Crippen MR) is 64.7 cm³/mol. The van der Waals surface area contributed by atoms with Crippen molar-refractivity contribution >= 4 is 27.2 Å². The Kier molecular flexibility index (Phi) is 1.65. The summed E-state index contributed by atoms with van der Waals surface area (Å²) in [4.78, 5) is 0. The number of nitrogens with two attached hydrogens (primary N) is 1. The van der Waals surface area contributed by atoms with Gasteiger partial charge < -0.3 is 5.73 Å². The van der Waals surface area contributed by atoms with E-state index in [-0.39, 0.29) is 0 Å². The molecule has 71 valence electrons. The van der Waals surface area contributed by atoms with Gasteiger partial charge in [0.15, 0.2) is 0 Å². The summed E-state index contributed by atoms with van der Waals surface area (Å²) in [5, 5.41) is 4.72. The second-order valence-corrected chi connectivity index (χ2v) is 3.70. The van der Waals surface area contributed by atoms with Crippen molar-refractivity contribution in [3.63, 3.8) is 0 Å². The van der Waals surface area contributed by atoms with Crippen LogP contribution in [0, 0.1) is 6.07 Å². The Hall–Kier alpha value is -2.02. The second-order valence-electron chi connectivity index (χ2n) is 3.70. The summed E-state index contributed by atoms with van der Waals surface area (Å²) < 4.78 is 0. The van der Waals surface area contributed by atoms with Gasteiger partial charge in [0.1, 0.15) is 0 Å². The van der Waals surface area contributed by atoms with Gasteiger partial charge in [0.25, 0.3) is 0 Å². The largest absolute Gasteiger partial charge is 0.398 e. The van der Waals surface area contributed by atoms with Gasteiger partial charge >= 0.3 is 0 Å². The molecule has 2 N–H and O–H groups in total. The van der Waals surface area contributed by atoms with Gasteiger partial charge in [-0.15, -0.1) is 0 Å². The normalized spacial score (nSPS) is 10.9. The van der Waals surface area contributed by atoms with Crippen molar-refractivity contribution in [2.45, 2.75) is 0 Å². The number of fused-ring (bicyclic) bond motifs is 2. The highest BCUT2D eigenvalue weighted by Gasteiger charge is 1.99. The Balaban J connectivity index is 2.53. The fraction of sp³-hybridized carbons (Fsp3) is 0. The first-order valence-electron chi connectivity index (χ1n) is 4.93. The Morgan fingerprint density at radius 2 is 1.60 bits per heavy atom. The minimum Gasteiger partial charge on any atom is -0.398 e. The average Bonchev–Trinajstić information content (AvgIpc) is 2.27. The zero-order chi connectivity index (χ0) is 10.3. The van der Waals surface area contributed by atoms with Gasteiger partial charge in [-0.1, -0.05) is 24.3 Å². The molecule has 0 aliphatic carbocycles. The van der Waals surface area contributed by atoms with E-state index < -0.39 is 0 Å². The average molecular weight is 192 g/mol. The third-order valence-corrected chi connectivity index (χ3v) is 2.71. The molecule has 0 aliphatic rings. The summed E-state index contributed by atoms with van der Waals surface area (Å²) in [5.74, 6) is 0. The maximum atomic E-state index is 5.92. The van der Waals surface area contributed by atoms with Crippen molar-refractivity contribution in [2.24, 2.45) is 0 Å². The van der Waals surface area contributed by atoms with Crippen LogP contribution in [0.25, 0.3) is 21.5 Å². The maximum absolute atomic E-state index is 5.92. The predicted octanol–water partition coefficient (Wildman–Crippen LogP) is 3.38. The zero-order valence-corrected chi connectivity index (χ0v) is 8.20. The van der Waals surface area contributed by atoms with Crippen LogP contribution >= 0.6 is 0 Å². The summed E-state index contributed by atoms with van der Waals surface area (Å²) in [5.41, 5.74) is 6.71. The van der Waals surface area contributed by atoms with Crippen molar-refractivity contribution < 1.29 is 0 Å². The van der Waals surface area contributed by atoms with E-state index in [2.05, 4.69) is 30.3 Å². The molecule has 0 unspecified atom stereocenters. The Bertz CT molecular complexity index is 641. The monoisotopic (exact) mass is 192 g/mol. The number of hydrogen-bond acceptors (Lipinski definition) is 1. The third-order valence-electron chi connectivity index (χ3n) is 2.71. The molecule has 15 heavy (non-hydrogen) atoms. The van der Waals surface area contributed by atoms with E-state index in [1.807, 2.05) is 24.3 Å². The number of rotatable bonds is 0. The number of benzene rings is 3. The van der Waals surface area contributed by atoms with Crippen LogP contribution in [0.5, 0.6) is 0 Å². The van der Waals surface area contributed by atoms with Gasteiger partial charge in [-0.25, -0.2) is 0 Å². The molecule has 1 nitrogen and oxygen atoms in total. The molecule has 0 fully saturated rings. The highest BCUT2D eigenvalue weighted by Crippen LogP contribution is 2.26. The first-order chi connectivity index (χ1) is 7.34. The maximum Gasteiger partial charge on any atom is 0.0400 e. The Labute approximate surface area is 88.1 Å². The van der Waals surface area contributed by atoms with Crippen molar-refractivity contribution in [3.8, 4) is 0 Å². The molecule has 0 aromatic heterocycles. The number of anilines is 1. The zero-order valence-electron chi connectivity index (χ0n) is 8.20. The SMILES string of the molecule is Nc1c[c]cc2cc3ccccc3cc12. The molecule has 0 atom stereocenters. The molecule has 3 aromatic rings. The van der Waals surface area contributed by atoms with E-state index in [1.165, 1.54) is 10.8 Å². The summed E-state index contributed by atoms with van der Waals surface area (Å²) in [6.45, 7) is 0. The highest BCUT2D eigenvalue weighted by atomic mass is 14.5. The molecule has 0 saturated heterocycles. The molecule has 0 spiro atoms. The van der Waals surface area contributed by atoms with Gasteiger partial charge in [0, 0.05) is 11.1 Å². The van der Waals surface area contributed by atoms with Crippen molar-refractivity contribution in [3.05, 3.63) is 54.6 Å². The molecular formula is C14H10N. The summed E-state index contributed by atoms with van der Waals surface area (Å²) >= 11 is 0. The molecule has 0 heterocycles. The van der Waals surface area contributed by atoms with E-state index in [9.17, 15) is 0 Å². The quantitative estimate of drug-likeness (QED) is 0.429. The molecule has 1 heteroatoms. The highest BCUT2D eigenvalue weighted by molar-refractivity contribution is 6.02. The van der Waals surface area contributed by atoms with Crippen molar-refractivity contribution in [2.75, 3.05) is 5.73 Å². The van der Waals surface area contributed by atoms with E-state index in [4.69, 9.17) is 5.73 Å². The lowest BCUT2D eigenvalue weighted by molar-refractivity contribution is 1.73. The lowest BCUT2D eigenvalue weighted by Crippen LogP contribution is -1.86. The van der Waals surface area contributed by atoms with Gasteiger partial charge in [0.05, 0.1) is 0 Å². The fourth-order valence-corrected chi connectivity index (χ4v) is 1.93. The van der Waals surface area contributed by atoms with Gasteiger partial charge in [-0.2, -0.15) is 0 Å². The van der Waals surface area contributed by atoms with Crippen LogP contribution in [0.4, 0.5) is 5.69 Å². The minimum absolute atomic E-state index is 0.790. The lowest BCUT2D eigenvalue weighted by atomic mass is 10.0. The van der Waals surface area contributed by atoms with Crippen LogP contribution in [0.3, 0.4) is 0 Å². The topological polar surface area (TPSA) is 26.0 Å². The third kappa shape index (κ3) is 1.24. The van der Waals surface area contributed by atoms with Gasteiger partial charge in [-0.3, -0.25) is 0 Å².